The minimum absolute atomic E-state index is 0.360. The van der Waals surface area contributed by atoms with E-state index >= 15 is 0 Å². The Bertz CT molecular complexity index is 613. The predicted molar refractivity (Wildman–Crippen MR) is 121 cm³/mol. The van der Waals surface area contributed by atoms with E-state index in [9.17, 15) is 0 Å². The molecule has 0 amide bonds. The maximum atomic E-state index is 6.07. The number of aliphatic imine (C=N–C) groups is 1. The van der Waals surface area contributed by atoms with E-state index in [2.05, 4.69) is 46.5 Å². The Hall–Kier alpha value is -1.79. The maximum Gasteiger partial charge on any atom is 0.191 e. The van der Waals surface area contributed by atoms with E-state index in [1.165, 1.54) is 19.3 Å². The van der Waals surface area contributed by atoms with Crippen LogP contribution in [-0.4, -0.2) is 64.4 Å². The average Bonchev–Trinajstić information content (AvgIpc) is 2.73. The Labute approximate surface area is 177 Å². The molecule has 6 heteroatoms. The lowest BCUT2D eigenvalue weighted by atomic mass is 9.67. The standard InChI is InChI=1S/C23H40N4O2/c1-5-27(6-2)15-17-29-21-11-8-7-10-20(21)18-25-22(24-3)26-19-23(12-9-13-23)14-16-28-4/h7-8,10-11H,5-6,9,12-19H2,1-4H3,(H2,24,25,26). The van der Waals surface area contributed by atoms with E-state index in [-0.39, 0.29) is 0 Å². The van der Waals surface area contributed by atoms with Gasteiger partial charge in [-0.05, 0) is 43.8 Å². The molecule has 0 spiro atoms. The van der Waals surface area contributed by atoms with Crippen molar-refractivity contribution in [1.82, 2.24) is 15.5 Å². The van der Waals surface area contributed by atoms with Crippen LogP contribution in [0.3, 0.4) is 0 Å². The van der Waals surface area contributed by atoms with Crippen LogP contribution < -0.4 is 15.4 Å². The van der Waals surface area contributed by atoms with Gasteiger partial charge in [0.15, 0.2) is 5.96 Å². The van der Waals surface area contributed by atoms with Crippen LogP contribution in [0.5, 0.6) is 5.75 Å². The molecule has 1 aliphatic rings. The first-order chi connectivity index (χ1) is 14.2. The summed E-state index contributed by atoms with van der Waals surface area (Å²) in [6.07, 6.45) is 4.96. The molecule has 2 N–H and O–H groups in total. The minimum Gasteiger partial charge on any atom is -0.492 e. The van der Waals surface area contributed by atoms with Gasteiger partial charge >= 0.3 is 0 Å². The quantitative estimate of drug-likeness (QED) is 0.390. The molecule has 1 fully saturated rings. The molecule has 0 aromatic heterocycles. The number of likely N-dealkylation sites (N-methyl/N-ethyl adjacent to an activating group) is 1. The van der Waals surface area contributed by atoms with Gasteiger partial charge in [0.2, 0.25) is 0 Å². The molecule has 0 unspecified atom stereocenters. The van der Waals surface area contributed by atoms with Crippen molar-refractivity contribution in [2.75, 3.05) is 53.6 Å². The van der Waals surface area contributed by atoms with E-state index in [1.54, 1.807) is 7.11 Å². The highest BCUT2D eigenvalue weighted by molar-refractivity contribution is 5.79. The van der Waals surface area contributed by atoms with Gasteiger partial charge in [-0.15, -0.1) is 0 Å². The number of guanidine groups is 1. The molecule has 6 nitrogen and oxygen atoms in total. The van der Waals surface area contributed by atoms with E-state index in [0.29, 0.717) is 18.6 Å². The van der Waals surface area contributed by atoms with Crippen LogP contribution in [-0.2, 0) is 11.3 Å². The average molecular weight is 405 g/mol. The lowest BCUT2D eigenvalue weighted by Crippen LogP contribution is -2.46. The zero-order chi connectivity index (χ0) is 21.0. The Morgan fingerprint density at radius 1 is 1.14 bits per heavy atom. The summed E-state index contributed by atoms with van der Waals surface area (Å²) in [5.74, 6) is 1.78. The second kappa shape index (κ2) is 12.7. The molecule has 1 aliphatic carbocycles. The second-order valence-electron chi connectivity index (χ2n) is 7.86. The third-order valence-electron chi connectivity index (χ3n) is 6.08. The Balaban J connectivity index is 1.83. The van der Waals surface area contributed by atoms with Crippen molar-refractivity contribution in [2.24, 2.45) is 10.4 Å². The number of rotatable bonds is 13. The highest BCUT2D eigenvalue weighted by Gasteiger charge is 2.36. The number of nitrogens with one attached hydrogen (secondary N) is 2. The Kier molecular flexibility index (Phi) is 10.3. The van der Waals surface area contributed by atoms with Crippen molar-refractivity contribution >= 4 is 5.96 Å². The van der Waals surface area contributed by atoms with Crippen molar-refractivity contribution in [1.29, 1.82) is 0 Å². The first kappa shape index (κ1) is 23.5. The molecule has 1 aromatic rings. The van der Waals surface area contributed by atoms with Crippen molar-refractivity contribution in [3.63, 3.8) is 0 Å². The third-order valence-corrected chi connectivity index (χ3v) is 6.08. The number of benzene rings is 1. The van der Waals surface area contributed by atoms with Gasteiger partial charge in [-0.2, -0.15) is 0 Å². The largest absolute Gasteiger partial charge is 0.492 e. The molecule has 0 aliphatic heterocycles. The van der Waals surface area contributed by atoms with E-state index < -0.39 is 0 Å². The minimum atomic E-state index is 0.360. The third kappa shape index (κ3) is 7.52. The molecule has 0 heterocycles. The van der Waals surface area contributed by atoms with Crippen LogP contribution in [0, 0.1) is 5.41 Å². The summed E-state index contributed by atoms with van der Waals surface area (Å²) in [7, 11) is 3.60. The SMILES string of the molecule is CCN(CC)CCOc1ccccc1CNC(=NC)NCC1(CCOC)CCC1. The second-order valence-corrected chi connectivity index (χ2v) is 7.86. The number of hydrogen-bond donors (Lipinski definition) is 2. The molecule has 2 rings (SSSR count). The van der Waals surface area contributed by atoms with Gasteiger partial charge in [0.05, 0.1) is 0 Å². The van der Waals surface area contributed by atoms with Gasteiger partial charge in [0.1, 0.15) is 12.4 Å². The van der Waals surface area contributed by atoms with E-state index in [1.807, 2.05) is 19.2 Å². The Morgan fingerprint density at radius 3 is 2.52 bits per heavy atom. The fraction of sp³-hybridized carbons (Fsp3) is 0.696. The van der Waals surface area contributed by atoms with Gasteiger partial charge < -0.3 is 25.0 Å². The topological polar surface area (TPSA) is 58.1 Å². The summed E-state index contributed by atoms with van der Waals surface area (Å²) in [4.78, 5) is 6.77. The molecule has 1 saturated carbocycles. The first-order valence-corrected chi connectivity index (χ1v) is 11.0. The number of hydrogen-bond acceptors (Lipinski definition) is 4. The van der Waals surface area contributed by atoms with Gasteiger partial charge in [-0.3, -0.25) is 4.99 Å². The molecule has 0 atom stereocenters. The number of methoxy groups -OCH3 is 1. The van der Waals surface area contributed by atoms with E-state index in [4.69, 9.17) is 9.47 Å². The molecule has 1 aromatic carbocycles. The predicted octanol–water partition coefficient (Wildman–Crippen LogP) is 3.28. The summed E-state index contributed by atoms with van der Waals surface area (Å²) in [6.45, 7) is 10.6. The highest BCUT2D eigenvalue weighted by atomic mass is 16.5. The van der Waals surface area contributed by atoms with Gasteiger partial charge in [0, 0.05) is 46.0 Å². The summed E-state index contributed by atoms with van der Waals surface area (Å²) in [5, 5.41) is 6.96. The summed E-state index contributed by atoms with van der Waals surface area (Å²) in [6, 6.07) is 8.24. The zero-order valence-electron chi connectivity index (χ0n) is 18.8. The van der Waals surface area contributed by atoms with Crippen LogP contribution in [0.2, 0.25) is 0 Å². The first-order valence-electron chi connectivity index (χ1n) is 11.0. The van der Waals surface area contributed by atoms with Gasteiger partial charge in [-0.25, -0.2) is 0 Å². The van der Waals surface area contributed by atoms with Crippen molar-refractivity contribution < 1.29 is 9.47 Å². The van der Waals surface area contributed by atoms with Crippen LogP contribution in [0.1, 0.15) is 45.1 Å². The molecule has 164 valence electrons. The highest BCUT2D eigenvalue weighted by Crippen LogP contribution is 2.43. The lowest BCUT2D eigenvalue weighted by molar-refractivity contribution is 0.0732. The molecular weight excluding hydrogens is 364 g/mol. The smallest absolute Gasteiger partial charge is 0.191 e. The fourth-order valence-corrected chi connectivity index (χ4v) is 3.80. The van der Waals surface area contributed by atoms with Crippen molar-refractivity contribution in [3.8, 4) is 5.75 Å². The van der Waals surface area contributed by atoms with E-state index in [0.717, 1.165) is 56.5 Å². The van der Waals surface area contributed by atoms with Crippen LogP contribution in [0.25, 0.3) is 0 Å². The molecular formula is C23H40N4O2. The number of nitrogens with zero attached hydrogens (tertiary/aromatic N) is 2. The zero-order valence-corrected chi connectivity index (χ0v) is 18.8. The molecule has 0 radical (unpaired) electrons. The summed E-state index contributed by atoms with van der Waals surface area (Å²) in [5.41, 5.74) is 1.51. The molecule has 0 bridgehead atoms. The Morgan fingerprint density at radius 2 is 1.90 bits per heavy atom. The van der Waals surface area contributed by atoms with Gasteiger partial charge in [0.25, 0.3) is 0 Å². The fourth-order valence-electron chi connectivity index (χ4n) is 3.80. The van der Waals surface area contributed by atoms with Crippen molar-refractivity contribution in [3.05, 3.63) is 29.8 Å². The summed E-state index contributed by atoms with van der Waals surface area (Å²) < 4.78 is 11.4. The normalized spacial score (nSPS) is 15.8. The van der Waals surface area contributed by atoms with Gasteiger partial charge in [-0.1, -0.05) is 38.5 Å². The monoisotopic (exact) mass is 404 g/mol. The van der Waals surface area contributed by atoms with Crippen LogP contribution in [0.15, 0.2) is 29.3 Å². The molecule has 29 heavy (non-hydrogen) atoms. The van der Waals surface area contributed by atoms with Crippen molar-refractivity contribution in [2.45, 2.75) is 46.1 Å². The number of ether oxygens (including phenoxy) is 2. The maximum absolute atomic E-state index is 6.07. The van der Waals surface area contributed by atoms with Crippen LogP contribution >= 0.6 is 0 Å². The van der Waals surface area contributed by atoms with Crippen LogP contribution in [0.4, 0.5) is 0 Å². The summed E-state index contributed by atoms with van der Waals surface area (Å²) >= 11 is 0. The molecule has 0 saturated heterocycles. The number of para-hydroxylation sites is 1. The lowest BCUT2D eigenvalue weighted by Gasteiger charge is -2.42.